The molecule has 12 heteroatoms. The van der Waals surface area contributed by atoms with E-state index in [9.17, 15) is 15.3 Å². The number of phenolic OH excluding ortho intramolecular Hbond substituents is 2. The molecule has 0 spiro atoms. The Balaban J connectivity index is 0.973. The lowest BCUT2D eigenvalue weighted by atomic mass is 9.85. The molecule has 0 aliphatic carbocycles. The summed E-state index contributed by atoms with van der Waals surface area (Å²) in [5.74, 6) is 1.06. The third kappa shape index (κ3) is 6.84. The van der Waals surface area contributed by atoms with Crippen molar-refractivity contribution in [2.75, 3.05) is 47.4 Å². The number of aromatic hydroxyl groups is 2. The van der Waals surface area contributed by atoms with E-state index in [4.69, 9.17) is 16.2 Å². The molecule has 2 aliphatic heterocycles. The Morgan fingerprint density at radius 2 is 1.42 bits per heavy atom. The summed E-state index contributed by atoms with van der Waals surface area (Å²) < 4.78 is 6.31. The van der Waals surface area contributed by atoms with Crippen molar-refractivity contribution in [3.05, 3.63) is 115 Å². The largest absolute Gasteiger partial charge is 0.507 e. The zero-order valence-electron chi connectivity index (χ0n) is 29.0. The van der Waals surface area contributed by atoms with Crippen molar-refractivity contribution in [1.29, 1.82) is 0 Å². The number of phenols is 2. The van der Waals surface area contributed by atoms with E-state index in [0.29, 0.717) is 60.0 Å². The summed E-state index contributed by atoms with van der Waals surface area (Å²) in [6.45, 7) is 2.50. The number of β-amino-alcohol motifs (C(OH)–C–C–N with tert-alkyl or cyclic N) is 1. The number of anilines is 4. The fourth-order valence-corrected chi connectivity index (χ4v) is 7.35. The predicted octanol–water partition coefficient (Wildman–Crippen LogP) is 5.99. The minimum atomic E-state index is -1.01. The first kappa shape index (κ1) is 33.7. The Labute approximate surface area is 307 Å². The SMILES string of the molecule is Nc1nnc(-c2ccccc2O)cc1OC1CCN(c2cccc(-c3ccc(-c4cc(N5CCCC(O)(c6ccccc6)C5)c(N)nn4)c(O)c3)c2)C1. The number of nitrogen functional groups attached to an aromatic ring is 2. The van der Waals surface area contributed by atoms with Crippen molar-refractivity contribution < 1.29 is 20.1 Å². The zero-order valence-corrected chi connectivity index (χ0v) is 29.0. The maximum absolute atomic E-state index is 11.6. The van der Waals surface area contributed by atoms with Gasteiger partial charge in [-0.25, -0.2) is 0 Å². The molecule has 6 aromatic rings. The third-order valence-electron chi connectivity index (χ3n) is 10.1. The van der Waals surface area contributed by atoms with Gasteiger partial charge >= 0.3 is 0 Å². The third-order valence-corrected chi connectivity index (χ3v) is 10.1. The molecule has 4 aromatic carbocycles. The first-order valence-corrected chi connectivity index (χ1v) is 17.7. The molecule has 8 rings (SSSR count). The number of para-hydroxylation sites is 1. The Hall–Kier alpha value is -6.40. The quantitative estimate of drug-likeness (QED) is 0.125. The van der Waals surface area contributed by atoms with Crippen LogP contribution in [0.15, 0.2) is 109 Å². The van der Waals surface area contributed by atoms with Crippen molar-refractivity contribution in [2.24, 2.45) is 0 Å². The summed E-state index contributed by atoms with van der Waals surface area (Å²) >= 11 is 0. The van der Waals surface area contributed by atoms with E-state index in [-0.39, 0.29) is 29.2 Å². The molecule has 268 valence electrons. The van der Waals surface area contributed by atoms with Crippen LogP contribution < -0.4 is 26.0 Å². The van der Waals surface area contributed by atoms with Gasteiger partial charge in [-0.2, -0.15) is 0 Å². The van der Waals surface area contributed by atoms with Gasteiger partial charge in [-0.15, -0.1) is 20.4 Å². The van der Waals surface area contributed by atoms with Crippen LogP contribution in [-0.4, -0.2) is 68.0 Å². The minimum absolute atomic E-state index is 0.0683. The number of rotatable bonds is 8. The topological polar surface area (TPSA) is 180 Å². The van der Waals surface area contributed by atoms with E-state index >= 15 is 0 Å². The molecule has 2 unspecified atom stereocenters. The highest BCUT2D eigenvalue weighted by atomic mass is 16.5. The molecule has 2 saturated heterocycles. The molecule has 0 bridgehead atoms. The Kier molecular flexibility index (Phi) is 8.89. The van der Waals surface area contributed by atoms with Crippen LogP contribution in [-0.2, 0) is 5.60 Å². The molecule has 0 saturated carbocycles. The number of aliphatic hydroxyl groups is 1. The number of nitrogens with zero attached hydrogens (tertiary/aromatic N) is 6. The van der Waals surface area contributed by atoms with Crippen LogP contribution in [0.25, 0.3) is 33.6 Å². The number of nitrogens with two attached hydrogens (primary N) is 2. The molecule has 53 heavy (non-hydrogen) atoms. The first-order chi connectivity index (χ1) is 25.7. The highest BCUT2D eigenvalue weighted by Crippen LogP contribution is 2.39. The van der Waals surface area contributed by atoms with Gasteiger partial charge in [0.25, 0.3) is 0 Å². The molecular weight excluding hydrogens is 669 g/mol. The van der Waals surface area contributed by atoms with Gasteiger partial charge in [0, 0.05) is 42.4 Å². The van der Waals surface area contributed by atoms with Gasteiger partial charge in [-0.3, -0.25) is 0 Å². The van der Waals surface area contributed by atoms with Gasteiger partial charge in [0.1, 0.15) is 28.9 Å². The predicted molar refractivity (Wildman–Crippen MR) is 206 cm³/mol. The van der Waals surface area contributed by atoms with Gasteiger partial charge in [-0.1, -0.05) is 60.7 Å². The van der Waals surface area contributed by atoms with E-state index in [1.807, 2.05) is 71.6 Å². The standard InChI is InChI=1S/C41H40N8O4/c42-39-35(49-18-7-17-41(52,25-49)28-9-2-1-3-10-28)22-33(44-46-39)32-15-14-27(21-37(32)51)26-8-6-11-29(20-26)48-19-16-30(24-48)53-38-23-34(45-47-40(38)43)31-12-4-5-13-36(31)50/h1-6,8-15,20-23,30,50-52H,7,16-19,24-25H2,(H2,42,46)(H2,43,47). The van der Waals surface area contributed by atoms with Crippen LogP contribution in [0.1, 0.15) is 24.8 Å². The lowest BCUT2D eigenvalue weighted by Gasteiger charge is -2.41. The number of benzene rings is 4. The average molecular weight is 709 g/mol. The zero-order chi connectivity index (χ0) is 36.5. The van der Waals surface area contributed by atoms with Gasteiger partial charge in [-0.05, 0) is 72.0 Å². The van der Waals surface area contributed by atoms with Crippen LogP contribution in [0, 0.1) is 0 Å². The normalized spacial score (nSPS) is 18.6. The monoisotopic (exact) mass is 708 g/mol. The van der Waals surface area contributed by atoms with E-state index in [0.717, 1.165) is 41.8 Å². The van der Waals surface area contributed by atoms with E-state index in [1.165, 1.54) is 0 Å². The van der Waals surface area contributed by atoms with Crippen molar-refractivity contribution in [1.82, 2.24) is 20.4 Å². The maximum Gasteiger partial charge on any atom is 0.188 e. The minimum Gasteiger partial charge on any atom is -0.507 e. The van der Waals surface area contributed by atoms with Gasteiger partial charge in [0.2, 0.25) is 0 Å². The summed E-state index contributed by atoms with van der Waals surface area (Å²) in [6, 6.07) is 33.9. The Morgan fingerprint density at radius 1 is 0.679 bits per heavy atom. The molecule has 2 aromatic heterocycles. The van der Waals surface area contributed by atoms with Gasteiger partial charge < -0.3 is 41.3 Å². The average Bonchev–Trinajstić information content (AvgIpc) is 3.65. The molecule has 4 heterocycles. The second-order valence-corrected chi connectivity index (χ2v) is 13.7. The van der Waals surface area contributed by atoms with Gasteiger partial charge in [0.05, 0.1) is 24.5 Å². The Morgan fingerprint density at radius 3 is 2.23 bits per heavy atom. The Bertz CT molecular complexity index is 2270. The molecule has 0 radical (unpaired) electrons. The number of hydrogen-bond donors (Lipinski definition) is 5. The molecular formula is C41H40N8O4. The summed E-state index contributed by atoms with van der Waals surface area (Å²) in [5, 5.41) is 49.9. The van der Waals surface area contributed by atoms with Crippen LogP contribution in [0.3, 0.4) is 0 Å². The number of hydrogen-bond acceptors (Lipinski definition) is 12. The lowest BCUT2D eigenvalue weighted by molar-refractivity contribution is 0.0219. The highest BCUT2D eigenvalue weighted by molar-refractivity contribution is 5.79. The fourth-order valence-electron chi connectivity index (χ4n) is 7.35. The van der Waals surface area contributed by atoms with Crippen molar-refractivity contribution >= 4 is 23.0 Å². The fraction of sp³-hybridized carbons (Fsp3) is 0.220. The number of piperidine rings is 1. The van der Waals surface area contributed by atoms with E-state index in [2.05, 4.69) is 37.4 Å². The molecule has 2 atom stereocenters. The summed E-state index contributed by atoms with van der Waals surface area (Å²) in [7, 11) is 0. The first-order valence-electron chi connectivity index (χ1n) is 17.7. The smallest absolute Gasteiger partial charge is 0.188 e. The molecule has 7 N–H and O–H groups in total. The maximum atomic E-state index is 11.6. The number of aromatic nitrogens is 4. The van der Waals surface area contributed by atoms with Crippen molar-refractivity contribution in [2.45, 2.75) is 31.0 Å². The molecule has 12 nitrogen and oxygen atoms in total. The van der Waals surface area contributed by atoms with Crippen LogP contribution >= 0.6 is 0 Å². The highest BCUT2D eigenvalue weighted by Gasteiger charge is 2.36. The second-order valence-electron chi connectivity index (χ2n) is 13.7. The van der Waals surface area contributed by atoms with E-state index in [1.54, 1.807) is 30.3 Å². The van der Waals surface area contributed by atoms with Crippen LogP contribution in [0.5, 0.6) is 17.2 Å². The molecule has 2 fully saturated rings. The molecule has 2 aliphatic rings. The van der Waals surface area contributed by atoms with Crippen LogP contribution in [0.2, 0.25) is 0 Å². The van der Waals surface area contributed by atoms with Crippen LogP contribution in [0.4, 0.5) is 23.0 Å². The van der Waals surface area contributed by atoms with Crippen molar-refractivity contribution in [3.63, 3.8) is 0 Å². The summed E-state index contributed by atoms with van der Waals surface area (Å²) in [5.41, 5.74) is 17.9. The van der Waals surface area contributed by atoms with Gasteiger partial charge in [0.15, 0.2) is 17.4 Å². The summed E-state index contributed by atoms with van der Waals surface area (Å²) in [6.07, 6.45) is 2.08. The van der Waals surface area contributed by atoms with Crippen molar-refractivity contribution in [3.8, 4) is 50.9 Å². The molecule has 0 amide bonds. The second kappa shape index (κ2) is 14.0. The lowest BCUT2D eigenvalue weighted by Crippen LogP contribution is -2.46. The summed E-state index contributed by atoms with van der Waals surface area (Å²) in [4.78, 5) is 4.30. The number of ether oxygens (including phenoxy) is 1. The van der Waals surface area contributed by atoms with E-state index < -0.39 is 5.60 Å².